The van der Waals surface area contributed by atoms with Gasteiger partial charge in [-0.05, 0) is 30.0 Å². The van der Waals surface area contributed by atoms with Gasteiger partial charge in [-0.25, -0.2) is 14.6 Å². The number of nitrogens with one attached hydrogen (secondary N) is 1. The first-order valence-electron chi connectivity index (χ1n) is 6.00. The van der Waals surface area contributed by atoms with Crippen molar-refractivity contribution in [3.05, 3.63) is 29.6 Å². The normalized spacial score (nSPS) is 10.9. The fraction of sp³-hybridized carbons (Fsp3) is 0.385. The van der Waals surface area contributed by atoms with Crippen LogP contribution in [0.2, 0.25) is 0 Å². The standard InChI is InChI=1S/C13H18FN3O2/c1-9(2)5-6-19-12-7-10(3-4-11(12)14)8-16-17-13(15)18/h3-4,7-9H,5-6H2,1-2H3,(H3,15,17,18). The number of hydrazone groups is 1. The van der Waals surface area contributed by atoms with Gasteiger partial charge in [0.05, 0.1) is 12.8 Å². The molecule has 0 aromatic heterocycles. The van der Waals surface area contributed by atoms with Crippen molar-refractivity contribution in [2.45, 2.75) is 20.3 Å². The molecule has 0 aliphatic rings. The largest absolute Gasteiger partial charge is 0.490 e. The molecule has 3 N–H and O–H groups in total. The third-order valence-corrected chi connectivity index (χ3v) is 2.30. The molecule has 0 fully saturated rings. The summed E-state index contributed by atoms with van der Waals surface area (Å²) < 4.78 is 18.9. The highest BCUT2D eigenvalue weighted by molar-refractivity contribution is 5.81. The molecule has 0 unspecified atom stereocenters. The Labute approximate surface area is 111 Å². The van der Waals surface area contributed by atoms with Crippen LogP contribution in [0.1, 0.15) is 25.8 Å². The molecule has 1 aromatic rings. The Hall–Kier alpha value is -2.11. The molecular weight excluding hydrogens is 249 g/mol. The molecule has 0 radical (unpaired) electrons. The van der Waals surface area contributed by atoms with E-state index in [1.165, 1.54) is 24.4 Å². The van der Waals surface area contributed by atoms with Crippen molar-refractivity contribution in [1.82, 2.24) is 5.43 Å². The van der Waals surface area contributed by atoms with Crippen LogP contribution < -0.4 is 15.9 Å². The van der Waals surface area contributed by atoms with Crippen LogP contribution >= 0.6 is 0 Å². The number of ether oxygens (including phenoxy) is 1. The first-order valence-corrected chi connectivity index (χ1v) is 6.00. The van der Waals surface area contributed by atoms with Crippen molar-refractivity contribution in [3.63, 3.8) is 0 Å². The molecule has 5 nitrogen and oxygen atoms in total. The minimum absolute atomic E-state index is 0.170. The molecule has 6 heteroatoms. The summed E-state index contributed by atoms with van der Waals surface area (Å²) in [5.41, 5.74) is 7.52. The average molecular weight is 267 g/mol. The van der Waals surface area contributed by atoms with E-state index in [4.69, 9.17) is 10.5 Å². The van der Waals surface area contributed by atoms with E-state index < -0.39 is 11.8 Å². The number of benzene rings is 1. The van der Waals surface area contributed by atoms with Crippen LogP contribution in [0.15, 0.2) is 23.3 Å². The lowest BCUT2D eigenvalue weighted by molar-refractivity contribution is 0.249. The van der Waals surface area contributed by atoms with Gasteiger partial charge in [0.1, 0.15) is 0 Å². The smallest absolute Gasteiger partial charge is 0.332 e. The van der Waals surface area contributed by atoms with Gasteiger partial charge in [-0.15, -0.1) is 0 Å². The maximum absolute atomic E-state index is 13.5. The van der Waals surface area contributed by atoms with Gasteiger partial charge in [0.15, 0.2) is 11.6 Å². The second kappa shape index (κ2) is 7.35. The molecule has 0 bridgehead atoms. The molecule has 0 heterocycles. The van der Waals surface area contributed by atoms with Crippen LogP contribution in [0.4, 0.5) is 9.18 Å². The van der Waals surface area contributed by atoms with E-state index in [9.17, 15) is 9.18 Å². The molecule has 0 spiro atoms. The topological polar surface area (TPSA) is 76.7 Å². The number of nitrogens with two attached hydrogens (primary N) is 1. The summed E-state index contributed by atoms with van der Waals surface area (Å²) in [4.78, 5) is 10.4. The van der Waals surface area contributed by atoms with Crippen LogP contribution in [0, 0.1) is 11.7 Å². The van der Waals surface area contributed by atoms with Gasteiger partial charge >= 0.3 is 6.03 Å². The first kappa shape index (κ1) is 14.9. The summed E-state index contributed by atoms with van der Waals surface area (Å²) in [6.45, 7) is 4.59. The quantitative estimate of drug-likeness (QED) is 0.612. The summed E-state index contributed by atoms with van der Waals surface area (Å²) in [6, 6.07) is 3.57. The number of nitrogens with zero attached hydrogens (tertiary/aromatic N) is 1. The van der Waals surface area contributed by atoms with Crippen LogP contribution in [0.25, 0.3) is 0 Å². The predicted molar refractivity (Wildman–Crippen MR) is 71.7 cm³/mol. The highest BCUT2D eigenvalue weighted by Crippen LogP contribution is 2.18. The second-order valence-electron chi connectivity index (χ2n) is 4.46. The molecule has 0 atom stereocenters. The molecule has 0 saturated heterocycles. The van der Waals surface area contributed by atoms with E-state index in [-0.39, 0.29) is 5.75 Å². The molecule has 1 aromatic carbocycles. The number of hydrogen-bond donors (Lipinski definition) is 2. The van der Waals surface area contributed by atoms with Gasteiger partial charge in [0.2, 0.25) is 0 Å². The average Bonchev–Trinajstić information content (AvgIpc) is 2.32. The van der Waals surface area contributed by atoms with E-state index in [0.717, 1.165) is 6.42 Å². The summed E-state index contributed by atoms with van der Waals surface area (Å²) >= 11 is 0. The van der Waals surface area contributed by atoms with Crippen molar-refractivity contribution in [2.24, 2.45) is 16.8 Å². The maximum Gasteiger partial charge on any atom is 0.332 e. The Morgan fingerprint density at radius 3 is 2.95 bits per heavy atom. The number of carbonyl (C=O) groups excluding carboxylic acids is 1. The van der Waals surface area contributed by atoms with E-state index >= 15 is 0 Å². The summed E-state index contributed by atoms with van der Waals surface area (Å²) in [5.74, 6) is 0.236. The number of urea groups is 1. The molecule has 1 rings (SSSR count). The van der Waals surface area contributed by atoms with Crippen molar-refractivity contribution in [3.8, 4) is 5.75 Å². The minimum atomic E-state index is -0.758. The lowest BCUT2D eigenvalue weighted by atomic mass is 10.1. The molecule has 2 amide bonds. The number of primary amides is 1. The van der Waals surface area contributed by atoms with Gasteiger partial charge in [-0.2, -0.15) is 5.10 Å². The van der Waals surface area contributed by atoms with Gasteiger partial charge in [0, 0.05) is 0 Å². The van der Waals surface area contributed by atoms with Crippen LogP contribution in [0.3, 0.4) is 0 Å². The number of amides is 2. The summed E-state index contributed by atoms with van der Waals surface area (Å²) in [6.07, 6.45) is 2.21. The molecule has 0 saturated carbocycles. The van der Waals surface area contributed by atoms with E-state index in [1.807, 2.05) is 0 Å². The lowest BCUT2D eigenvalue weighted by Gasteiger charge is -2.09. The Morgan fingerprint density at radius 1 is 1.58 bits per heavy atom. The fourth-order valence-corrected chi connectivity index (χ4v) is 1.29. The van der Waals surface area contributed by atoms with Crippen molar-refractivity contribution in [1.29, 1.82) is 0 Å². The minimum Gasteiger partial charge on any atom is -0.490 e. The van der Waals surface area contributed by atoms with Crippen molar-refractivity contribution < 1.29 is 13.9 Å². The molecule has 19 heavy (non-hydrogen) atoms. The second-order valence-corrected chi connectivity index (χ2v) is 4.46. The molecule has 0 aliphatic carbocycles. The zero-order valence-corrected chi connectivity index (χ0v) is 11.0. The van der Waals surface area contributed by atoms with Gasteiger partial charge < -0.3 is 10.5 Å². The van der Waals surface area contributed by atoms with Crippen LogP contribution in [0.5, 0.6) is 5.75 Å². The zero-order chi connectivity index (χ0) is 14.3. The van der Waals surface area contributed by atoms with Crippen LogP contribution in [-0.2, 0) is 0 Å². The number of rotatable bonds is 6. The molecular formula is C13H18FN3O2. The third-order valence-electron chi connectivity index (χ3n) is 2.30. The Kier molecular flexibility index (Phi) is 5.78. The van der Waals surface area contributed by atoms with Crippen molar-refractivity contribution in [2.75, 3.05) is 6.61 Å². The SMILES string of the molecule is CC(C)CCOc1cc(C=NNC(N)=O)ccc1F. The van der Waals surface area contributed by atoms with E-state index in [2.05, 4.69) is 24.4 Å². The maximum atomic E-state index is 13.5. The Balaban J connectivity index is 2.65. The first-order chi connectivity index (χ1) is 8.99. The van der Waals surface area contributed by atoms with Gasteiger partial charge in [-0.3, -0.25) is 0 Å². The lowest BCUT2D eigenvalue weighted by Crippen LogP contribution is -2.24. The Bertz CT molecular complexity index is 461. The fourth-order valence-electron chi connectivity index (χ4n) is 1.29. The van der Waals surface area contributed by atoms with E-state index in [0.29, 0.717) is 18.1 Å². The highest BCUT2D eigenvalue weighted by atomic mass is 19.1. The molecule has 104 valence electrons. The highest BCUT2D eigenvalue weighted by Gasteiger charge is 2.04. The van der Waals surface area contributed by atoms with Crippen LogP contribution in [-0.4, -0.2) is 18.9 Å². The van der Waals surface area contributed by atoms with E-state index in [1.54, 1.807) is 0 Å². The number of hydrogen-bond acceptors (Lipinski definition) is 3. The monoisotopic (exact) mass is 267 g/mol. The summed E-state index contributed by atoms with van der Waals surface area (Å²) in [7, 11) is 0. The van der Waals surface area contributed by atoms with Crippen molar-refractivity contribution >= 4 is 12.2 Å². The predicted octanol–water partition coefficient (Wildman–Crippen LogP) is 2.25. The number of halogens is 1. The van der Waals surface area contributed by atoms with Gasteiger partial charge in [-0.1, -0.05) is 19.9 Å². The Morgan fingerprint density at radius 2 is 2.32 bits per heavy atom. The number of carbonyl (C=O) groups is 1. The zero-order valence-electron chi connectivity index (χ0n) is 11.0. The molecule has 0 aliphatic heterocycles. The summed E-state index contributed by atoms with van der Waals surface area (Å²) in [5, 5.41) is 3.59. The van der Waals surface area contributed by atoms with Gasteiger partial charge in [0.25, 0.3) is 0 Å². The third kappa shape index (κ3) is 5.85.